The molecule has 1 aromatic heterocycles. The Morgan fingerprint density at radius 1 is 1.14 bits per heavy atom. The number of methoxy groups -OCH3 is 1. The van der Waals surface area contributed by atoms with Crippen molar-refractivity contribution >= 4 is 34.0 Å². The Balaban J connectivity index is 1.38. The van der Waals surface area contributed by atoms with Crippen LogP contribution in [0, 0.1) is 0 Å². The van der Waals surface area contributed by atoms with Crippen LogP contribution in [-0.4, -0.2) is 37.1 Å². The van der Waals surface area contributed by atoms with Gasteiger partial charge in [-0.25, -0.2) is 4.98 Å². The molecule has 0 aliphatic carbocycles. The lowest BCUT2D eigenvalue weighted by atomic mass is 10.0. The first-order valence-corrected chi connectivity index (χ1v) is 9.77. The fourth-order valence-corrected chi connectivity index (χ4v) is 3.87. The summed E-state index contributed by atoms with van der Waals surface area (Å²) in [6.45, 7) is 1.78. The number of pyridine rings is 1. The first kappa shape index (κ1) is 18.6. The first-order chi connectivity index (χ1) is 13.6. The highest BCUT2D eigenvalue weighted by atomic mass is 35.5. The second kappa shape index (κ2) is 8.07. The van der Waals surface area contributed by atoms with E-state index in [9.17, 15) is 4.79 Å². The number of nitrogens with zero attached hydrogens (tertiary/aromatic N) is 2. The van der Waals surface area contributed by atoms with E-state index in [1.165, 1.54) is 5.69 Å². The number of piperidine rings is 1. The van der Waals surface area contributed by atoms with Crippen LogP contribution in [-0.2, 0) is 0 Å². The number of ether oxygens (including phenoxy) is 1. The Bertz CT molecular complexity index is 983. The molecule has 2 heterocycles. The van der Waals surface area contributed by atoms with Gasteiger partial charge < -0.3 is 15.0 Å². The lowest BCUT2D eigenvalue weighted by Crippen LogP contribution is -2.44. The van der Waals surface area contributed by atoms with Gasteiger partial charge >= 0.3 is 0 Å². The Morgan fingerprint density at radius 2 is 1.86 bits per heavy atom. The topological polar surface area (TPSA) is 54.5 Å². The van der Waals surface area contributed by atoms with E-state index in [1.807, 2.05) is 36.4 Å². The second-order valence-electron chi connectivity index (χ2n) is 6.95. The van der Waals surface area contributed by atoms with Crippen LogP contribution in [0.25, 0.3) is 10.8 Å². The zero-order valence-electron chi connectivity index (χ0n) is 15.7. The van der Waals surface area contributed by atoms with Crippen LogP contribution in [0.5, 0.6) is 5.75 Å². The number of anilines is 1. The Hall–Kier alpha value is -2.79. The largest absolute Gasteiger partial charge is 0.497 e. The summed E-state index contributed by atoms with van der Waals surface area (Å²) in [4.78, 5) is 19.3. The Labute approximate surface area is 169 Å². The molecular formula is C22H22ClN3O2. The summed E-state index contributed by atoms with van der Waals surface area (Å²) in [7, 11) is 1.67. The highest BCUT2D eigenvalue weighted by Gasteiger charge is 2.22. The predicted octanol–water partition coefficient (Wildman–Crippen LogP) is 4.30. The van der Waals surface area contributed by atoms with Crippen LogP contribution >= 0.6 is 11.6 Å². The zero-order chi connectivity index (χ0) is 19.5. The Morgan fingerprint density at radius 3 is 2.57 bits per heavy atom. The van der Waals surface area contributed by atoms with Crippen LogP contribution in [0.2, 0.25) is 5.15 Å². The van der Waals surface area contributed by atoms with Gasteiger partial charge in [-0.1, -0.05) is 35.9 Å². The third-order valence-electron chi connectivity index (χ3n) is 5.19. The van der Waals surface area contributed by atoms with E-state index < -0.39 is 0 Å². The fraction of sp³-hybridized carbons (Fsp3) is 0.273. The maximum absolute atomic E-state index is 12.7. The number of rotatable bonds is 4. The van der Waals surface area contributed by atoms with Crippen molar-refractivity contribution in [3.63, 3.8) is 0 Å². The van der Waals surface area contributed by atoms with Gasteiger partial charge in [0.2, 0.25) is 0 Å². The summed E-state index contributed by atoms with van der Waals surface area (Å²) in [6.07, 6.45) is 1.78. The molecule has 1 aliphatic rings. The van der Waals surface area contributed by atoms with Crippen LogP contribution in [0.4, 0.5) is 5.69 Å². The maximum Gasteiger partial charge on any atom is 0.270 e. The van der Waals surface area contributed by atoms with Crippen molar-refractivity contribution < 1.29 is 9.53 Å². The SMILES string of the molecule is COc1ccc(N2CCC(NC(=O)c3cc4ccccc4c(Cl)n3)CC2)cc1. The minimum atomic E-state index is -0.171. The molecule has 0 bridgehead atoms. The van der Waals surface area contributed by atoms with Crippen molar-refractivity contribution in [2.45, 2.75) is 18.9 Å². The monoisotopic (exact) mass is 395 g/mol. The number of carbonyl (C=O) groups is 1. The molecule has 1 amide bonds. The van der Waals surface area contributed by atoms with Gasteiger partial charge in [0.05, 0.1) is 7.11 Å². The molecule has 2 aromatic carbocycles. The third kappa shape index (κ3) is 3.90. The van der Waals surface area contributed by atoms with Crippen molar-refractivity contribution in [2.24, 2.45) is 0 Å². The summed E-state index contributed by atoms with van der Waals surface area (Å²) < 4.78 is 5.21. The molecular weight excluding hydrogens is 374 g/mol. The van der Waals surface area contributed by atoms with Gasteiger partial charge in [0.1, 0.15) is 16.6 Å². The van der Waals surface area contributed by atoms with Gasteiger partial charge in [-0.15, -0.1) is 0 Å². The number of benzene rings is 2. The second-order valence-corrected chi connectivity index (χ2v) is 7.31. The number of hydrogen-bond acceptors (Lipinski definition) is 4. The summed E-state index contributed by atoms with van der Waals surface area (Å²) in [5.74, 6) is 0.683. The molecule has 1 fully saturated rings. The standard InChI is InChI=1S/C22H22ClN3O2/c1-28-18-8-6-17(7-9-18)26-12-10-16(11-13-26)24-22(27)20-14-15-4-2-3-5-19(15)21(23)25-20/h2-9,14,16H,10-13H2,1H3,(H,24,27). The molecule has 0 saturated carbocycles. The number of nitrogens with one attached hydrogen (secondary N) is 1. The molecule has 28 heavy (non-hydrogen) atoms. The third-order valence-corrected chi connectivity index (χ3v) is 5.48. The van der Waals surface area contributed by atoms with E-state index in [2.05, 4.69) is 27.3 Å². The lowest BCUT2D eigenvalue weighted by Gasteiger charge is -2.34. The molecule has 1 saturated heterocycles. The van der Waals surface area contributed by atoms with Gasteiger partial charge in [0, 0.05) is 30.2 Å². The number of halogens is 1. The number of amides is 1. The van der Waals surface area contributed by atoms with Crippen molar-refractivity contribution in [3.05, 3.63) is 65.4 Å². The molecule has 1 aliphatic heterocycles. The number of fused-ring (bicyclic) bond motifs is 1. The van der Waals surface area contributed by atoms with Crippen LogP contribution < -0.4 is 15.0 Å². The highest BCUT2D eigenvalue weighted by molar-refractivity contribution is 6.34. The van der Waals surface area contributed by atoms with Crippen LogP contribution in [0.3, 0.4) is 0 Å². The van der Waals surface area contributed by atoms with Crippen molar-refractivity contribution in [1.82, 2.24) is 10.3 Å². The lowest BCUT2D eigenvalue weighted by molar-refractivity contribution is 0.0926. The number of aromatic nitrogens is 1. The minimum absolute atomic E-state index is 0.133. The summed E-state index contributed by atoms with van der Waals surface area (Å²) in [5, 5.41) is 5.24. The number of hydrogen-bond donors (Lipinski definition) is 1. The smallest absolute Gasteiger partial charge is 0.270 e. The van der Waals surface area contributed by atoms with E-state index in [4.69, 9.17) is 16.3 Å². The molecule has 6 heteroatoms. The van der Waals surface area contributed by atoms with E-state index in [-0.39, 0.29) is 11.9 Å². The summed E-state index contributed by atoms with van der Waals surface area (Å²) in [5.41, 5.74) is 1.54. The highest BCUT2D eigenvalue weighted by Crippen LogP contribution is 2.24. The van der Waals surface area contributed by atoms with E-state index in [1.54, 1.807) is 13.2 Å². The fourth-order valence-electron chi connectivity index (χ4n) is 3.61. The molecule has 1 N–H and O–H groups in total. The molecule has 3 aromatic rings. The average molecular weight is 396 g/mol. The molecule has 0 atom stereocenters. The normalized spacial score (nSPS) is 14.9. The quantitative estimate of drug-likeness (QED) is 0.669. The van der Waals surface area contributed by atoms with Crippen molar-refractivity contribution in [1.29, 1.82) is 0 Å². The average Bonchev–Trinajstić information content (AvgIpc) is 2.74. The molecule has 0 radical (unpaired) electrons. The maximum atomic E-state index is 12.7. The molecule has 0 unspecified atom stereocenters. The van der Waals surface area contributed by atoms with Crippen molar-refractivity contribution in [3.8, 4) is 5.75 Å². The first-order valence-electron chi connectivity index (χ1n) is 9.39. The van der Waals surface area contributed by atoms with Gasteiger partial charge in [-0.2, -0.15) is 0 Å². The Kier molecular flexibility index (Phi) is 5.35. The zero-order valence-corrected chi connectivity index (χ0v) is 16.4. The molecule has 4 rings (SSSR count). The van der Waals surface area contributed by atoms with Crippen LogP contribution in [0.1, 0.15) is 23.3 Å². The van der Waals surface area contributed by atoms with Crippen LogP contribution in [0.15, 0.2) is 54.6 Å². The van der Waals surface area contributed by atoms with Gasteiger partial charge in [0.25, 0.3) is 5.91 Å². The van der Waals surface area contributed by atoms with Gasteiger partial charge in [-0.3, -0.25) is 4.79 Å². The van der Waals surface area contributed by atoms with Gasteiger partial charge in [0.15, 0.2) is 0 Å². The summed E-state index contributed by atoms with van der Waals surface area (Å²) >= 11 is 6.25. The predicted molar refractivity (Wildman–Crippen MR) is 112 cm³/mol. The van der Waals surface area contributed by atoms with E-state index >= 15 is 0 Å². The van der Waals surface area contributed by atoms with E-state index in [0.717, 1.165) is 42.5 Å². The molecule has 144 valence electrons. The van der Waals surface area contributed by atoms with Gasteiger partial charge in [-0.05, 0) is 48.6 Å². The van der Waals surface area contributed by atoms with Crippen molar-refractivity contribution in [2.75, 3.05) is 25.1 Å². The minimum Gasteiger partial charge on any atom is -0.497 e. The summed E-state index contributed by atoms with van der Waals surface area (Å²) in [6, 6.07) is 17.7. The molecule has 0 spiro atoms. The molecule has 5 nitrogen and oxygen atoms in total. The number of carbonyl (C=O) groups excluding carboxylic acids is 1. The van der Waals surface area contributed by atoms with E-state index in [0.29, 0.717) is 10.8 Å².